The van der Waals surface area contributed by atoms with Gasteiger partial charge in [-0.3, -0.25) is 4.79 Å². The number of rotatable bonds is 5. The lowest BCUT2D eigenvalue weighted by Crippen LogP contribution is -2.40. The van der Waals surface area contributed by atoms with Crippen LogP contribution < -0.4 is 10.6 Å². The Kier molecular flexibility index (Phi) is 4.54. The molecule has 0 aromatic heterocycles. The van der Waals surface area contributed by atoms with Crippen LogP contribution in [0.25, 0.3) is 0 Å². The fourth-order valence-corrected chi connectivity index (χ4v) is 2.64. The fraction of sp³-hybridized carbons (Fsp3) is 0.769. The average Bonchev–Trinajstić information content (AvgIpc) is 2.45. The number of hydrogen-bond acceptors (Lipinski definition) is 2. The summed E-state index contributed by atoms with van der Waals surface area (Å²) in [6.45, 7) is 11.4. The highest BCUT2D eigenvalue weighted by atomic mass is 16.1. The monoisotopic (exact) mass is 224 g/mol. The average molecular weight is 224 g/mol. The molecular weight excluding hydrogens is 200 g/mol. The molecule has 0 aromatic rings. The Morgan fingerprint density at radius 2 is 2.19 bits per heavy atom. The Morgan fingerprint density at radius 1 is 1.50 bits per heavy atom. The zero-order chi connectivity index (χ0) is 12.2. The molecule has 16 heavy (non-hydrogen) atoms. The second kappa shape index (κ2) is 5.48. The van der Waals surface area contributed by atoms with Crippen LogP contribution in [-0.4, -0.2) is 25.0 Å². The third kappa shape index (κ3) is 3.97. The molecule has 3 nitrogen and oxygen atoms in total. The van der Waals surface area contributed by atoms with Crippen molar-refractivity contribution in [3.8, 4) is 0 Å². The van der Waals surface area contributed by atoms with Gasteiger partial charge in [-0.05, 0) is 24.2 Å². The van der Waals surface area contributed by atoms with E-state index in [0.29, 0.717) is 30.5 Å². The van der Waals surface area contributed by atoms with E-state index < -0.39 is 0 Å². The Morgan fingerprint density at radius 3 is 2.69 bits per heavy atom. The highest BCUT2D eigenvalue weighted by molar-refractivity contribution is 5.78. The number of hydrogen-bond donors (Lipinski definition) is 2. The van der Waals surface area contributed by atoms with Crippen LogP contribution in [0.2, 0.25) is 0 Å². The maximum atomic E-state index is 11.4. The minimum atomic E-state index is 0.0526. The van der Waals surface area contributed by atoms with Gasteiger partial charge in [0.25, 0.3) is 0 Å². The van der Waals surface area contributed by atoms with E-state index in [1.165, 1.54) is 6.42 Å². The first-order valence-corrected chi connectivity index (χ1v) is 6.05. The van der Waals surface area contributed by atoms with Crippen LogP contribution in [0.4, 0.5) is 0 Å². The molecule has 1 aliphatic rings. The molecule has 92 valence electrons. The van der Waals surface area contributed by atoms with Gasteiger partial charge in [0, 0.05) is 12.6 Å². The predicted molar refractivity (Wildman–Crippen MR) is 67.2 cm³/mol. The molecule has 0 radical (unpaired) electrons. The van der Waals surface area contributed by atoms with E-state index >= 15 is 0 Å². The lowest BCUT2D eigenvalue weighted by atomic mass is 9.91. The Hall–Kier alpha value is -0.830. The fourth-order valence-electron chi connectivity index (χ4n) is 2.64. The van der Waals surface area contributed by atoms with Crippen LogP contribution in [0.3, 0.4) is 0 Å². The van der Waals surface area contributed by atoms with Crippen LogP contribution in [0.15, 0.2) is 12.7 Å². The molecule has 0 saturated heterocycles. The summed E-state index contributed by atoms with van der Waals surface area (Å²) in [6.07, 6.45) is 4.08. The molecule has 0 spiro atoms. The van der Waals surface area contributed by atoms with Gasteiger partial charge in [0.15, 0.2) is 0 Å². The third-order valence-corrected chi connectivity index (χ3v) is 3.30. The van der Waals surface area contributed by atoms with Gasteiger partial charge in [0.1, 0.15) is 0 Å². The van der Waals surface area contributed by atoms with Crippen molar-refractivity contribution in [2.24, 2.45) is 11.3 Å². The minimum Gasteiger partial charge on any atom is -0.352 e. The van der Waals surface area contributed by atoms with E-state index in [2.05, 4.69) is 38.0 Å². The smallest absolute Gasteiger partial charge is 0.234 e. The Balaban J connectivity index is 2.28. The molecule has 0 unspecified atom stereocenters. The van der Waals surface area contributed by atoms with E-state index in [1.54, 1.807) is 6.08 Å². The quantitative estimate of drug-likeness (QED) is 0.698. The summed E-state index contributed by atoms with van der Waals surface area (Å²) in [5.74, 6) is 0.707. The van der Waals surface area contributed by atoms with Crippen molar-refractivity contribution in [3.05, 3.63) is 12.7 Å². The van der Waals surface area contributed by atoms with Crippen LogP contribution in [0.5, 0.6) is 0 Å². The van der Waals surface area contributed by atoms with Gasteiger partial charge in [-0.2, -0.15) is 0 Å². The van der Waals surface area contributed by atoms with E-state index in [0.717, 1.165) is 6.42 Å². The van der Waals surface area contributed by atoms with Gasteiger partial charge >= 0.3 is 0 Å². The van der Waals surface area contributed by atoms with Gasteiger partial charge in [0.2, 0.25) is 5.91 Å². The first-order valence-electron chi connectivity index (χ1n) is 6.05. The molecule has 0 heterocycles. The molecule has 1 fully saturated rings. The Bertz CT molecular complexity index is 261. The van der Waals surface area contributed by atoms with Crippen molar-refractivity contribution in [1.82, 2.24) is 10.6 Å². The predicted octanol–water partition coefficient (Wildman–Crippen LogP) is 1.70. The van der Waals surface area contributed by atoms with Crippen LogP contribution in [-0.2, 0) is 4.79 Å². The van der Waals surface area contributed by atoms with E-state index in [4.69, 9.17) is 0 Å². The SMILES string of the molecule is C=CCNC(=O)CN[C@H]1CC(C)(C)C[C@H]1C. The maximum absolute atomic E-state index is 11.4. The van der Waals surface area contributed by atoms with Crippen molar-refractivity contribution >= 4 is 5.91 Å². The van der Waals surface area contributed by atoms with Gasteiger partial charge in [-0.15, -0.1) is 6.58 Å². The zero-order valence-corrected chi connectivity index (χ0v) is 10.7. The molecule has 1 rings (SSSR count). The summed E-state index contributed by atoms with van der Waals surface area (Å²) in [5.41, 5.74) is 0.411. The summed E-state index contributed by atoms with van der Waals surface area (Å²) >= 11 is 0. The molecule has 3 heteroatoms. The van der Waals surface area contributed by atoms with Crippen molar-refractivity contribution in [2.75, 3.05) is 13.1 Å². The molecule has 0 bridgehead atoms. The summed E-state index contributed by atoms with van der Waals surface area (Å²) in [4.78, 5) is 11.4. The molecule has 1 amide bonds. The van der Waals surface area contributed by atoms with Crippen LogP contribution in [0.1, 0.15) is 33.6 Å². The first-order chi connectivity index (χ1) is 7.44. The third-order valence-electron chi connectivity index (χ3n) is 3.30. The van der Waals surface area contributed by atoms with E-state index in [9.17, 15) is 4.79 Å². The van der Waals surface area contributed by atoms with Crippen molar-refractivity contribution in [1.29, 1.82) is 0 Å². The second-order valence-corrected chi connectivity index (χ2v) is 5.63. The highest BCUT2D eigenvalue weighted by Gasteiger charge is 2.36. The number of carbonyl (C=O) groups is 1. The van der Waals surface area contributed by atoms with Crippen LogP contribution >= 0.6 is 0 Å². The minimum absolute atomic E-state index is 0.0526. The van der Waals surface area contributed by atoms with Gasteiger partial charge in [0.05, 0.1) is 6.54 Å². The van der Waals surface area contributed by atoms with Crippen molar-refractivity contribution in [3.63, 3.8) is 0 Å². The second-order valence-electron chi connectivity index (χ2n) is 5.63. The molecule has 0 aromatic carbocycles. The molecule has 0 aliphatic heterocycles. The highest BCUT2D eigenvalue weighted by Crippen LogP contribution is 2.40. The number of nitrogens with one attached hydrogen (secondary N) is 2. The number of carbonyl (C=O) groups excluding carboxylic acids is 1. The van der Waals surface area contributed by atoms with E-state index in [1.807, 2.05) is 0 Å². The van der Waals surface area contributed by atoms with Gasteiger partial charge < -0.3 is 10.6 Å². The normalized spacial score (nSPS) is 27.7. The largest absolute Gasteiger partial charge is 0.352 e. The summed E-state index contributed by atoms with van der Waals surface area (Å²) < 4.78 is 0. The van der Waals surface area contributed by atoms with Crippen LogP contribution in [0, 0.1) is 11.3 Å². The number of amides is 1. The van der Waals surface area contributed by atoms with Crippen molar-refractivity contribution < 1.29 is 4.79 Å². The summed E-state index contributed by atoms with van der Waals surface area (Å²) in [6, 6.07) is 0.476. The van der Waals surface area contributed by atoms with Gasteiger partial charge in [-0.1, -0.05) is 26.8 Å². The molecule has 1 aliphatic carbocycles. The van der Waals surface area contributed by atoms with Crippen molar-refractivity contribution in [2.45, 2.75) is 39.7 Å². The lowest BCUT2D eigenvalue weighted by Gasteiger charge is -2.18. The standard InChI is InChI=1S/C13H24N2O/c1-5-6-14-12(16)9-15-11-8-13(3,4)7-10(11)2/h5,10-11,15H,1,6-9H2,2-4H3,(H,14,16)/t10-,11+/m1/s1. The van der Waals surface area contributed by atoms with E-state index in [-0.39, 0.29) is 5.91 Å². The molecule has 2 N–H and O–H groups in total. The Labute approximate surface area is 98.7 Å². The first kappa shape index (κ1) is 13.2. The molecular formula is C13H24N2O. The summed E-state index contributed by atoms with van der Waals surface area (Å²) in [7, 11) is 0. The molecule has 1 saturated carbocycles. The molecule has 2 atom stereocenters. The van der Waals surface area contributed by atoms with Gasteiger partial charge in [-0.25, -0.2) is 0 Å². The topological polar surface area (TPSA) is 41.1 Å². The maximum Gasteiger partial charge on any atom is 0.234 e. The zero-order valence-electron chi connectivity index (χ0n) is 10.7. The lowest BCUT2D eigenvalue weighted by molar-refractivity contribution is -0.120. The summed E-state index contributed by atoms with van der Waals surface area (Å²) in [5, 5.41) is 6.12.